The van der Waals surface area contributed by atoms with E-state index >= 15 is 0 Å². The van der Waals surface area contributed by atoms with Crippen LogP contribution in [0.25, 0.3) is 0 Å². The fourth-order valence-electron chi connectivity index (χ4n) is 0.929. The molecule has 0 saturated heterocycles. The van der Waals surface area contributed by atoms with Gasteiger partial charge in [-0.2, -0.15) is 0 Å². The summed E-state index contributed by atoms with van der Waals surface area (Å²) in [5, 5.41) is 8.43. The molecule has 0 aliphatic rings. The molecule has 0 atom stereocenters. The molecule has 4 heteroatoms. The van der Waals surface area contributed by atoms with Gasteiger partial charge in [0.05, 0.1) is 5.75 Å². The number of thioether (sulfide) groups is 1. The first-order valence-electron chi connectivity index (χ1n) is 4.09. The molecular formula is C9H12O2S2. The predicted molar refractivity (Wildman–Crippen MR) is 57.5 cm³/mol. The second kappa shape index (κ2) is 5.29. The quantitative estimate of drug-likeness (QED) is 0.822. The van der Waals surface area contributed by atoms with E-state index in [1.807, 2.05) is 0 Å². The maximum atomic E-state index is 10.2. The molecular weight excluding hydrogens is 204 g/mol. The normalized spacial score (nSPS) is 10.2. The van der Waals surface area contributed by atoms with Gasteiger partial charge in [0.1, 0.15) is 0 Å². The van der Waals surface area contributed by atoms with Crippen LogP contribution in [0.15, 0.2) is 12.1 Å². The fourth-order valence-corrected chi connectivity index (χ4v) is 2.74. The van der Waals surface area contributed by atoms with Crippen LogP contribution in [-0.2, 0) is 17.0 Å². The lowest BCUT2D eigenvalue weighted by Crippen LogP contribution is -1.97. The molecule has 0 unspecified atom stereocenters. The van der Waals surface area contributed by atoms with Crippen LogP contribution < -0.4 is 0 Å². The lowest BCUT2D eigenvalue weighted by Gasteiger charge is -1.93. The molecule has 2 nitrogen and oxygen atoms in total. The fraction of sp³-hybridized carbons (Fsp3) is 0.444. The van der Waals surface area contributed by atoms with E-state index in [2.05, 4.69) is 19.1 Å². The van der Waals surface area contributed by atoms with Crippen molar-refractivity contribution in [3.8, 4) is 0 Å². The molecule has 0 saturated carbocycles. The zero-order valence-corrected chi connectivity index (χ0v) is 9.08. The molecule has 13 heavy (non-hydrogen) atoms. The van der Waals surface area contributed by atoms with Gasteiger partial charge in [0, 0.05) is 15.5 Å². The average molecular weight is 216 g/mol. The summed E-state index contributed by atoms with van der Waals surface area (Å²) in [6.07, 6.45) is 1.06. The van der Waals surface area contributed by atoms with Gasteiger partial charge in [0.25, 0.3) is 0 Å². The van der Waals surface area contributed by atoms with Gasteiger partial charge >= 0.3 is 5.97 Å². The van der Waals surface area contributed by atoms with Gasteiger partial charge in [-0.15, -0.1) is 23.1 Å². The van der Waals surface area contributed by atoms with Gasteiger partial charge in [0.15, 0.2) is 0 Å². The summed E-state index contributed by atoms with van der Waals surface area (Å²) >= 11 is 3.22. The number of hydrogen-bond donors (Lipinski definition) is 1. The van der Waals surface area contributed by atoms with Crippen molar-refractivity contribution in [2.75, 3.05) is 5.75 Å². The molecule has 0 aliphatic heterocycles. The molecule has 1 aromatic rings. The lowest BCUT2D eigenvalue weighted by molar-refractivity contribution is -0.133. The molecule has 72 valence electrons. The third-order valence-corrected chi connectivity index (χ3v) is 3.91. The first-order chi connectivity index (χ1) is 6.22. The van der Waals surface area contributed by atoms with E-state index in [1.165, 1.54) is 21.5 Å². The van der Waals surface area contributed by atoms with Crippen molar-refractivity contribution in [2.24, 2.45) is 0 Å². The Morgan fingerprint density at radius 1 is 1.54 bits per heavy atom. The van der Waals surface area contributed by atoms with Gasteiger partial charge in [0.2, 0.25) is 0 Å². The highest BCUT2D eigenvalue weighted by atomic mass is 32.2. The van der Waals surface area contributed by atoms with E-state index in [0.717, 1.165) is 12.2 Å². The Labute approximate surface area is 86.0 Å². The Bertz CT molecular complexity index is 281. The van der Waals surface area contributed by atoms with Crippen LogP contribution in [0.3, 0.4) is 0 Å². The van der Waals surface area contributed by atoms with Crippen LogP contribution in [-0.4, -0.2) is 16.8 Å². The SMILES string of the molecule is CCc1ccc(CSCC(=O)O)s1. The van der Waals surface area contributed by atoms with Crippen LogP contribution in [0.5, 0.6) is 0 Å². The topological polar surface area (TPSA) is 37.3 Å². The molecule has 0 aromatic carbocycles. The lowest BCUT2D eigenvalue weighted by atomic mass is 10.4. The maximum absolute atomic E-state index is 10.2. The first kappa shape index (κ1) is 10.6. The first-order valence-corrected chi connectivity index (χ1v) is 6.06. The Morgan fingerprint density at radius 3 is 2.77 bits per heavy atom. The standard InChI is InChI=1S/C9H12O2S2/c1-2-7-3-4-8(13-7)5-12-6-9(10)11/h3-4H,2,5-6H2,1H3,(H,10,11). The van der Waals surface area contributed by atoms with Crippen LogP contribution in [0, 0.1) is 0 Å². The highest BCUT2D eigenvalue weighted by molar-refractivity contribution is 7.99. The van der Waals surface area contributed by atoms with E-state index in [4.69, 9.17) is 5.11 Å². The summed E-state index contributed by atoms with van der Waals surface area (Å²) in [6, 6.07) is 4.19. The number of aryl methyl sites for hydroxylation is 1. The monoisotopic (exact) mass is 216 g/mol. The van der Waals surface area contributed by atoms with E-state index in [1.54, 1.807) is 11.3 Å². The van der Waals surface area contributed by atoms with Crippen LogP contribution in [0.1, 0.15) is 16.7 Å². The molecule has 1 heterocycles. The highest BCUT2D eigenvalue weighted by Crippen LogP contribution is 2.21. The molecule has 1 aromatic heterocycles. The van der Waals surface area contributed by atoms with Crippen molar-refractivity contribution >= 4 is 29.1 Å². The van der Waals surface area contributed by atoms with Crippen LogP contribution in [0.4, 0.5) is 0 Å². The summed E-state index contributed by atoms with van der Waals surface area (Å²) in [5.74, 6) is 0.272. The highest BCUT2D eigenvalue weighted by Gasteiger charge is 2.01. The molecule has 0 radical (unpaired) electrons. The second-order valence-corrected chi connectivity index (χ2v) is 4.85. The van der Waals surface area contributed by atoms with Crippen molar-refractivity contribution < 1.29 is 9.90 Å². The predicted octanol–water partition coefficient (Wildman–Crippen LogP) is 2.63. The van der Waals surface area contributed by atoms with Crippen molar-refractivity contribution in [3.05, 3.63) is 21.9 Å². The van der Waals surface area contributed by atoms with Gasteiger partial charge in [-0.05, 0) is 18.6 Å². The summed E-state index contributed by atoms with van der Waals surface area (Å²) in [5.41, 5.74) is 0. The third-order valence-electron chi connectivity index (χ3n) is 1.54. The zero-order chi connectivity index (χ0) is 9.68. The minimum atomic E-state index is -0.739. The largest absolute Gasteiger partial charge is 0.481 e. The van der Waals surface area contributed by atoms with E-state index in [0.29, 0.717) is 0 Å². The van der Waals surface area contributed by atoms with Crippen molar-refractivity contribution in [1.29, 1.82) is 0 Å². The minimum Gasteiger partial charge on any atom is -0.481 e. The van der Waals surface area contributed by atoms with Gasteiger partial charge in [-0.3, -0.25) is 4.79 Å². The van der Waals surface area contributed by atoms with Crippen molar-refractivity contribution in [3.63, 3.8) is 0 Å². The summed E-state index contributed by atoms with van der Waals surface area (Å²) in [7, 11) is 0. The molecule has 0 bridgehead atoms. The number of thiophene rings is 1. The second-order valence-electron chi connectivity index (χ2n) is 2.61. The minimum absolute atomic E-state index is 0.194. The van der Waals surface area contributed by atoms with Gasteiger partial charge < -0.3 is 5.11 Å². The summed E-state index contributed by atoms with van der Waals surface area (Å²) < 4.78 is 0. The van der Waals surface area contributed by atoms with E-state index in [9.17, 15) is 4.79 Å². The van der Waals surface area contributed by atoms with Crippen LogP contribution in [0.2, 0.25) is 0 Å². The molecule has 0 fully saturated rings. The third kappa shape index (κ3) is 3.83. The maximum Gasteiger partial charge on any atom is 0.313 e. The molecule has 1 rings (SSSR count). The molecule has 1 N–H and O–H groups in total. The molecule has 0 aliphatic carbocycles. The molecule has 0 amide bonds. The summed E-state index contributed by atoms with van der Waals surface area (Å²) in [6.45, 7) is 2.13. The number of rotatable bonds is 5. The number of hydrogen-bond acceptors (Lipinski definition) is 3. The number of aliphatic carboxylic acids is 1. The smallest absolute Gasteiger partial charge is 0.313 e. The Morgan fingerprint density at radius 2 is 2.23 bits per heavy atom. The van der Waals surface area contributed by atoms with Crippen LogP contribution >= 0.6 is 23.1 Å². The Kier molecular flexibility index (Phi) is 4.32. The molecule has 0 spiro atoms. The average Bonchev–Trinajstić information content (AvgIpc) is 2.52. The van der Waals surface area contributed by atoms with Crippen molar-refractivity contribution in [1.82, 2.24) is 0 Å². The Hall–Kier alpha value is -0.480. The number of carbonyl (C=O) groups is 1. The van der Waals surface area contributed by atoms with E-state index in [-0.39, 0.29) is 5.75 Å². The summed E-state index contributed by atoms with van der Waals surface area (Å²) in [4.78, 5) is 12.9. The number of carboxylic acid groups (broad SMARTS) is 1. The number of carboxylic acids is 1. The van der Waals surface area contributed by atoms with E-state index < -0.39 is 5.97 Å². The van der Waals surface area contributed by atoms with Gasteiger partial charge in [-0.25, -0.2) is 0 Å². The van der Waals surface area contributed by atoms with Gasteiger partial charge in [-0.1, -0.05) is 6.92 Å². The van der Waals surface area contributed by atoms with Crippen molar-refractivity contribution in [2.45, 2.75) is 19.1 Å². The zero-order valence-electron chi connectivity index (χ0n) is 7.45. The Balaban J connectivity index is 2.32.